The molecule has 10 N–H and O–H groups in total. The van der Waals surface area contributed by atoms with E-state index in [2.05, 4.69) is 10.3 Å². The van der Waals surface area contributed by atoms with Gasteiger partial charge in [0.25, 0.3) is 5.79 Å². The van der Waals surface area contributed by atoms with Crippen LogP contribution in [0.3, 0.4) is 0 Å². The van der Waals surface area contributed by atoms with Crippen LogP contribution in [0.1, 0.15) is 33.6 Å². The normalized spacial score (nSPS) is 25.6. The van der Waals surface area contributed by atoms with E-state index in [1.165, 1.54) is 6.92 Å². The van der Waals surface area contributed by atoms with Gasteiger partial charge in [-0.25, -0.2) is 9.79 Å². The first-order chi connectivity index (χ1) is 15.8. The first-order valence-electron chi connectivity index (χ1n) is 10.7. The molecular formula is C20H33N5O9. The Labute approximate surface area is 196 Å². The van der Waals surface area contributed by atoms with Crippen LogP contribution in [0.2, 0.25) is 0 Å². The fourth-order valence-corrected chi connectivity index (χ4v) is 3.20. The number of ether oxygens (including phenoxy) is 3. The summed E-state index contributed by atoms with van der Waals surface area (Å²) in [5, 5.41) is 32.2. The summed E-state index contributed by atoms with van der Waals surface area (Å²) in [4.78, 5) is 40.8. The van der Waals surface area contributed by atoms with E-state index in [9.17, 15) is 29.7 Å². The van der Waals surface area contributed by atoms with Crippen molar-refractivity contribution >= 4 is 23.8 Å². The minimum absolute atomic E-state index is 0.199. The number of guanidine groups is 1. The molecule has 2 rings (SSSR count). The molecule has 1 heterocycles. The Morgan fingerprint density at radius 2 is 1.88 bits per heavy atom. The van der Waals surface area contributed by atoms with Gasteiger partial charge in [0.05, 0.1) is 18.7 Å². The highest BCUT2D eigenvalue weighted by atomic mass is 16.7. The quantitative estimate of drug-likeness (QED) is 0.0693. The zero-order valence-corrected chi connectivity index (χ0v) is 19.2. The average molecular weight is 488 g/mol. The third kappa shape index (κ3) is 6.79. The molecule has 192 valence electrons. The Kier molecular flexibility index (Phi) is 8.83. The lowest BCUT2D eigenvalue weighted by Crippen LogP contribution is -2.60. The van der Waals surface area contributed by atoms with E-state index in [0.717, 1.165) is 6.08 Å². The van der Waals surface area contributed by atoms with Crippen LogP contribution in [-0.2, 0) is 28.6 Å². The van der Waals surface area contributed by atoms with Crippen molar-refractivity contribution in [2.24, 2.45) is 28.1 Å². The lowest BCUT2D eigenvalue weighted by Gasteiger charge is -2.39. The van der Waals surface area contributed by atoms with E-state index in [-0.39, 0.29) is 18.8 Å². The predicted molar refractivity (Wildman–Crippen MR) is 116 cm³/mol. The second kappa shape index (κ2) is 11.0. The van der Waals surface area contributed by atoms with Crippen molar-refractivity contribution in [2.75, 3.05) is 6.61 Å². The van der Waals surface area contributed by atoms with Crippen molar-refractivity contribution in [3.8, 4) is 0 Å². The van der Waals surface area contributed by atoms with Crippen LogP contribution in [0.25, 0.3) is 0 Å². The molecule has 14 heteroatoms. The van der Waals surface area contributed by atoms with Gasteiger partial charge >= 0.3 is 11.9 Å². The molecule has 0 aromatic heterocycles. The summed E-state index contributed by atoms with van der Waals surface area (Å²) in [7, 11) is 0. The zero-order valence-electron chi connectivity index (χ0n) is 19.2. The number of hydrogen-bond acceptors (Lipinski definition) is 11. The maximum atomic E-state index is 12.9. The summed E-state index contributed by atoms with van der Waals surface area (Å²) in [5.41, 5.74) is 16.7. The fourth-order valence-electron chi connectivity index (χ4n) is 3.20. The molecule has 1 saturated carbocycles. The highest BCUT2D eigenvalue weighted by Crippen LogP contribution is 2.42. The highest BCUT2D eigenvalue weighted by Gasteiger charge is 2.53. The van der Waals surface area contributed by atoms with E-state index < -0.39 is 78.4 Å². The van der Waals surface area contributed by atoms with Crippen molar-refractivity contribution in [3.05, 3.63) is 11.8 Å². The van der Waals surface area contributed by atoms with Gasteiger partial charge in [-0.15, -0.1) is 0 Å². The van der Waals surface area contributed by atoms with Crippen molar-refractivity contribution in [1.82, 2.24) is 5.32 Å². The molecule has 1 amide bonds. The van der Waals surface area contributed by atoms with Gasteiger partial charge in [-0.3, -0.25) is 9.59 Å². The van der Waals surface area contributed by atoms with Crippen molar-refractivity contribution in [3.63, 3.8) is 0 Å². The smallest absolute Gasteiger partial charge is 0.376 e. The number of esters is 2. The van der Waals surface area contributed by atoms with Crippen LogP contribution in [0.15, 0.2) is 16.8 Å². The number of carbonyl (C=O) groups is 3. The Bertz CT molecular complexity index is 838. The molecule has 1 aliphatic carbocycles. The van der Waals surface area contributed by atoms with E-state index in [4.69, 9.17) is 31.4 Å². The third-order valence-electron chi connectivity index (χ3n) is 5.31. The Morgan fingerprint density at radius 1 is 1.26 bits per heavy atom. The van der Waals surface area contributed by atoms with Gasteiger partial charge in [0.15, 0.2) is 5.96 Å². The summed E-state index contributed by atoms with van der Waals surface area (Å²) in [6.45, 7) is 3.83. The summed E-state index contributed by atoms with van der Waals surface area (Å²) >= 11 is 0. The first-order valence-corrected chi connectivity index (χ1v) is 10.7. The molecule has 14 nitrogen and oxygen atoms in total. The molecule has 34 heavy (non-hydrogen) atoms. The molecule has 0 aromatic carbocycles. The predicted octanol–water partition coefficient (Wildman–Crippen LogP) is -3.31. The van der Waals surface area contributed by atoms with Gasteiger partial charge in [-0.1, -0.05) is 13.8 Å². The van der Waals surface area contributed by atoms with Gasteiger partial charge in [-0.2, -0.15) is 0 Å². The summed E-state index contributed by atoms with van der Waals surface area (Å²) in [6, 6.07) is -3.14. The van der Waals surface area contributed by atoms with Crippen LogP contribution in [0, 0.1) is 5.92 Å². The summed E-state index contributed by atoms with van der Waals surface area (Å²) in [5.74, 6) is -4.89. The molecular weight excluding hydrogens is 454 g/mol. The van der Waals surface area contributed by atoms with E-state index in [0.29, 0.717) is 0 Å². The van der Waals surface area contributed by atoms with Crippen LogP contribution in [-0.4, -0.2) is 88.0 Å². The van der Waals surface area contributed by atoms with Gasteiger partial charge in [0.1, 0.15) is 24.4 Å². The molecule has 2 aliphatic rings. The maximum absolute atomic E-state index is 12.9. The van der Waals surface area contributed by atoms with Crippen molar-refractivity contribution in [1.29, 1.82) is 0 Å². The maximum Gasteiger partial charge on any atom is 0.376 e. The van der Waals surface area contributed by atoms with E-state index in [1.54, 1.807) is 13.8 Å². The van der Waals surface area contributed by atoms with Gasteiger partial charge in [0.2, 0.25) is 11.7 Å². The molecule has 0 saturated heterocycles. The topological polar surface area (TPSA) is 242 Å². The molecule has 1 fully saturated rings. The Hall–Kier alpha value is -2.94. The number of hydrogen-bond donors (Lipinski definition) is 7. The van der Waals surface area contributed by atoms with Crippen LogP contribution in [0.4, 0.5) is 0 Å². The minimum atomic E-state index is -1.76. The van der Waals surface area contributed by atoms with E-state index >= 15 is 0 Å². The molecule has 6 atom stereocenters. The zero-order chi connectivity index (χ0) is 25.8. The number of aliphatic hydroxyl groups is 3. The molecule has 0 spiro atoms. The van der Waals surface area contributed by atoms with Gasteiger partial charge < -0.3 is 52.0 Å². The second-order valence-electron chi connectivity index (χ2n) is 8.62. The van der Waals surface area contributed by atoms with Crippen LogP contribution >= 0.6 is 0 Å². The number of aliphatic imine (C=N–C) groups is 1. The largest absolute Gasteiger partial charge is 0.478 e. The molecule has 0 radical (unpaired) electrons. The third-order valence-corrected chi connectivity index (χ3v) is 5.31. The molecule has 0 unspecified atom stereocenters. The van der Waals surface area contributed by atoms with Gasteiger partial charge in [-0.05, 0) is 12.0 Å². The highest BCUT2D eigenvalue weighted by molar-refractivity contribution is 5.88. The summed E-state index contributed by atoms with van der Waals surface area (Å²) in [6.07, 6.45) is -3.25. The summed E-state index contributed by atoms with van der Waals surface area (Å²) < 4.78 is 16.2. The molecule has 1 aliphatic heterocycles. The monoisotopic (exact) mass is 487 g/mol. The number of nitrogens with two attached hydrogens (primary N) is 3. The Morgan fingerprint density at radius 3 is 2.35 bits per heavy atom. The number of rotatable bonds is 10. The lowest BCUT2D eigenvalue weighted by atomic mass is 9.92. The molecule has 0 bridgehead atoms. The number of aliphatic hydroxyl groups excluding tert-OH is 3. The number of amides is 1. The SMILES string of the molecule is CC(=O)N[C@H]1[C@H]([C@@H](O)[C@H](O)CO)OC(C(=O)OC2(OC(=O)[C@@H](N)C(C)C)CC2)=C[C@@H]1N=C(N)N. The minimum Gasteiger partial charge on any atom is -0.478 e. The van der Waals surface area contributed by atoms with Crippen molar-refractivity contribution in [2.45, 2.75) is 75.8 Å². The van der Waals surface area contributed by atoms with Gasteiger partial charge in [0, 0.05) is 19.8 Å². The lowest BCUT2D eigenvalue weighted by molar-refractivity contribution is -0.199. The fraction of sp³-hybridized carbons (Fsp3) is 0.700. The Balaban J connectivity index is 2.31. The first kappa shape index (κ1) is 27.3. The van der Waals surface area contributed by atoms with Crippen LogP contribution < -0.4 is 22.5 Å². The standard InChI is InChI=1S/C20H33N5O9/c1-8(2)13(21)18(31)34-20(4-5-20)33-17(30)12-6-10(25-19(22)23)14(24-9(3)27)16(32-12)15(29)11(28)7-26/h6,8,10-11,13-16,26,28-29H,4-5,7,21H2,1-3H3,(H,24,27)(H4,22,23,25)/t10-,11+,13-,14+,15-,16+/m0/s1. The van der Waals surface area contributed by atoms with Crippen molar-refractivity contribution < 1.29 is 43.9 Å². The number of nitrogens with one attached hydrogen (secondary N) is 1. The average Bonchev–Trinajstić information content (AvgIpc) is 3.50. The number of nitrogens with zero attached hydrogens (tertiary/aromatic N) is 1. The second-order valence-corrected chi connectivity index (χ2v) is 8.62. The van der Waals surface area contributed by atoms with Crippen LogP contribution in [0.5, 0.6) is 0 Å². The van der Waals surface area contributed by atoms with E-state index in [1.807, 2.05) is 0 Å². The molecule has 0 aromatic rings. The number of carbonyl (C=O) groups excluding carboxylic acids is 3.